The number of methoxy groups -OCH3 is 1. The zero-order chi connectivity index (χ0) is 11.3. The lowest BCUT2D eigenvalue weighted by Gasteiger charge is -2.13. The minimum Gasteiger partial charge on any atom is -0.383 e. The van der Waals surface area contributed by atoms with Gasteiger partial charge in [-0.25, -0.2) is 0 Å². The summed E-state index contributed by atoms with van der Waals surface area (Å²) in [6.45, 7) is 8.08. The van der Waals surface area contributed by atoms with E-state index in [1.54, 1.807) is 7.11 Å². The van der Waals surface area contributed by atoms with Crippen LogP contribution in [0.1, 0.15) is 23.6 Å². The normalized spacial score (nSPS) is 12.8. The van der Waals surface area contributed by atoms with Gasteiger partial charge in [0.25, 0.3) is 0 Å². The molecule has 2 heteroatoms. The van der Waals surface area contributed by atoms with Gasteiger partial charge in [-0.3, -0.25) is 0 Å². The van der Waals surface area contributed by atoms with E-state index in [1.165, 1.54) is 16.7 Å². The summed E-state index contributed by atoms with van der Waals surface area (Å²) in [4.78, 5) is 0. The smallest absolute Gasteiger partial charge is 0.0613 e. The maximum atomic E-state index is 5.07. The molecule has 0 aliphatic rings. The van der Waals surface area contributed by atoms with E-state index >= 15 is 0 Å². The third kappa shape index (κ3) is 4.02. The van der Waals surface area contributed by atoms with Gasteiger partial charge in [-0.05, 0) is 37.5 Å². The molecular weight excluding hydrogens is 186 g/mol. The molecule has 0 aliphatic heterocycles. The van der Waals surface area contributed by atoms with Crippen molar-refractivity contribution < 1.29 is 4.74 Å². The van der Waals surface area contributed by atoms with E-state index in [1.807, 2.05) is 0 Å². The molecule has 0 aliphatic carbocycles. The molecular formula is C13H21NO. The molecule has 84 valence electrons. The molecule has 1 atom stereocenters. The number of benzene rings is 1. The number of hydrogen-bond donors (Lipinski definition) is 1. The van der Waals surface area contributed by atoms with Crippen molar-refractivity contribution in [1.29, 1.82) is 0 Å². The average Bonchev–Trinajstić information content (AvgIpc) is 2.20. The van der Waals surface area contributed by atoms with Gasteiger partial charge in [0.15, 0.2) is 0 Å². The van der Waals surface area contributed by atoms with Crippen LogP contribution in [0.15, 0.2) is 18.2 Å². The lowest BCUT2D eigenvalue weighted by atomic mass is 10.1. The largest absolute Gasteiger partial charge is 0.383 e. The minimum atomic E-state index is 0.400. The molecule has 1 rings (SSSR count). The van der Waals surface area contributed by atoms with Gasteiger partial charge in [0.05, 0.1) is 6.61 Å². The summed E-state index contributed by atoms with van der Waals surface area (Å²) < 4.78 is 5.07. The van der Waals surface area contributed by atoms with Gasteiger partial charge >= 0.3 is 0 Å². The summed E-state index contributed by atoms with van der Waals surface area (Å²) in [5, 5.41) is 3.42. The third-order valence-corrected chi connectivity index (χ3v) is 2.64. The second-order valence-electron chi connectivity index (χ2n) is 4.16. The molecule has 0 bridgehead atoms. The Morgan fingerprint density at radius 3 is 2.60 bits per heavy atom. The Kier molecular flexibility index (Phi) is 4.79. The zero-order valence-electron chi connectivity index (χ0n) is 10.1. The molecule has 0 saturated carbocycles. The van der Waals surface area contributed by atoms with Crippen molar-refractivity contribution in [1.82, 2.24) is 5.32 Å². The highest BCUT2D eigenvalue weighted by atomic mass is 16.5. The molecule has 0 spiro atoms. The Hall–Kier alpha value is -0.860. The number of rotatable bonds is 5. The van der Waals surface area contributed by atoms with Crippen molar-refractivity contribution in [2.24, 2.45) is 0 Å². The highest BCUT2D eigenvalue weighted by Gasteiger charge is 2.01. The summed E-state index contributed by atoms with van der Waals surface area (Å²) in [7, 11) is 1.73. The monoisotopic (exact) mass is 207 g/mol. The second kappa shape index (κ2) is 5.89. The fraction of sp³-hybridized carbons (Fsp3) is 0.538. The van der Waals surface area contributed by atoms with Crippen molar-refractivity contribution in [3.05, 3.63) is 34.9 Å². The quantitative estimate of drug-likeness (QED) is 0.800. The Morgan fingerprint density at radius 2 is 2.00 bits per heavy atom. The Morgan fingerprint density at radius 1 is 1.27 bits per heavy atom. The molecule has 0 heterocycles. The first-order valence-corrected chi connectivity index (χ1v) is 5.42. The van der Waals surface area contributed by atoms with E-state index in [9.17, 15) is 0 Å². The molecule has 1 aromatic carbocycles. The highest BCUT2D eigenvalue weighted by molar-refractivity contribution is 5.29. The van der Waals surface area contributed by atoms with Gasteiger partial charge in [-0.15, -0.1) is 0 Å². The number of ether oxygens (including phenoxy) is 1. The summed E-state index contributed by atoms with van der Waals surface area (Å²) >= 11 is 0. The van der Waals surface area contributed by atoms with E-state index in [-0.39, 0.29) is 0 Å². The first kappa shape index (κ1) is 12.2. The van der Waals surface area contributed by atoms with Crippen molar-refractivity contribution >= 4 is 0 Å². The zero-order valence-corrected chi connectivity index (χ0v) is 10.1. The summed E-state index contributed by atoms with van der Waals surface area (Å²) in [5.41, 5.74) is 4.04. The van der Waals surface area contributed by atoms with Crippen molar-refractivity contribution in [2.45, 2.75) is 33.4 Å². The summed E-state index contributed by atoms with van der Waals surface area (Å²) in [5.74, 6) is 0. The van der Waals surface area contributed by atoms with Crippen molar-refractivity contribution in [2.75, 3.05) is 13.7 Å². The van der Waals surface area contributed by atoms with E-state index in [2.05, 4.69) is 44.3 Å². The average molecular weight is 207 g/mol. The number of hydrogen-bond acceptors (Lipinski definition) is 2. The first-order chi connectivity index (χ1) is 7.13. The third-order valence-electron chi connectivity index (χ3n) is 2.64. The minimum absolute atomic E-state index is 0.400. The molecule has 0 saturated heterocycles. The van der Waals surface area contributed by atoms with Crippen LogP contribution in [0.4, 0.5) is 0 Å². The van der Waals surface area contributed by atoms with E-state index in [4.69, 9.17) is 4.74 Å². The highest BCUT2D eigenvalue weighted by Crippen LogP contribution is 2.09. The molecule has 1 unspecified atom stereocenters. The van der Waals surface area contributed by atoms with Crippen LogP contribution in [0.2, 0.25) is 0 Å². The van der Waals surface area contributed by atoms with Crippen LogP contribution in [0.3, 0.4) is 0 Å². The fourth-order valence-corrected chi connectivity index (χ4v) is 1.51. The van der Waals surface area contributed by atoms with Gasteiger partial charge in [-0.1, -0.05) is 18.2 Å². The van der Waals surface area contributed by atoms with Gasteiger partial charge in [0, 0.05) is 19.7 Å². The summed E-state index contributed by atoms with van der Waals surface area (Å²) in [6, 6.07) is 6.99. The second-order valence-corrected chi connectivity index (χ2v) is 4.16. The standard InChI is InChI=1S/C13H21NO/c1-10-5-6-13(7-11(10)2)8-14-12(3)9-15-4/h5-7,12,14H,8-9H2,1-4H3. The van der Waals surface area contributed by atoms with Crippen molar-refractivity contribution in [3.8, 4) is 0 Å². The molecule has 1 N–H and O–H groups in total. The van der Waals surface area contributed by atoms with E-state index in [0.29, 0.717) is 6.04 Å². The van der Waals surface area contributed by atoms with Gasteiger partial charge in [0.1, 0.15) is 0 Å². The molecule has 0 aromatic heterocycles. The SMILES string of the molecule is COCC(C)NCc1ccc(C)c(C)c1. The fourth-order valence-electron chi connectivity index (χ4n) is 1.51. The van der Waals surface area contributed by atoms with Crippen LogP contribution in [-0.2, 0) is 11.3 Å². The molecule has 2 nitrogen and oxygen atoms in total. The predicted molar refractivity (Wildman–Crippen MR) is 64.1 cm³/mol. The van der Waals surface area contributed by atoms with Crippen LogP contribution < -0.4 is 5.32 Å². The lowest BCUT2D eigenvalue weighted by molar-refractivity contribution is 0.171. The van der Waals surface area contributed by atoms with Gasteiger partial charge < -0.3 is 10.1 Å². The van der Waals surface area contributed by atoms with Gasteiger partial charge in [0.2, 0.25) is 0 Å². The maximum absolute atomic E-state index is 5.07. The molecule has 0 fully saturated rings. The molecule has 1 aromatic rings. The van der Waals surface area contributed by atoms with Crippen LogP contribution in [0, 0.1) is 13.8 Å². The number of aryl methyl sites for hydroxylation is 2. The maximum Gasteiger partial charge on any atom is 0.0613 e. The number of nitrogens with one attached hydrogen (secondary N) is 1. The van der Waals surface area contributed by atoms with Crippen molar-refractivity contribution in [3.63, 3.8) is 0 Å². The van der Waals surface area contributed by atoms with E-state index in [0.717, 1.165) is 13.2 Å². The first-order valence-electron chi connectivity index (χ1n) is 5.42. The predicted octanol–water partition coefficient (Wildman–Crippen LogP) is 2.43. The van der Waals surface area contributed by atoms with E-state index < -0.39 is 0 Å². The van der Waals surface area contributed by atoms with Crippen LogP contribution in [-0.4, -0.2) is 19.8 Å². The van der Waals surface area contributed by atoms with Crippen LogP contribution >= 0.6 is 0 Å². The molecule has 0 radical (unpaired) electrons. The lowest BCUT2D eigenvalue weighted by Crippen LogP contribution is -2.29. The topological polar surface area (TPSA) is 21.3 Å². The van der Waals surface area contributed by atoms with Crippen LogP contribution in [0.5, 0.6) is 0 Å². The Labute approximate surface area is 92.6 Å². The van der Waals surface area contributed by atoms with Crippen LogP contribution in [0.25, 0.3) is 0 Å². The summed E-state index contributed by atoms with van der Waals surface area (Å²) in [6.07, 6.45) is 0. The molecule has 0 amide bonds. The van der Waals surface area contributed by atoms with Gasteiger partial charge in [-0.2, -0.15) is 0 Å². The Balaban J connectivity index is 2.47. The Bertz CT molecular complexity index is 309. The molecule has 15 heavy (non-hydrogen) atoms.